The molecule has 2 nitrogen and oxygen atoms in total. The lowest BCUT2D eigenvalue weighted by molar-refractivity contribution is -0.147. The Hall–Kier alpha value is -0.600. The monoisotopic (exact) mass is 419 g/mol. The van der Waals surface area contributed by atoms with E-state index in [4.69, 9.17) is 0 Å². The number of amides is 1. The normalized spacial score (nSPS) is 46.7. The van der Waals surface area contributed by atoms with Crippen molar-refractivity contribution in [1.29, 1.82) is 0 Å². The summed E-state index contributed by atoms with van der Waals surface area (Å²) >= 11 is 0. The first-order valence-corrected chi connectivity index (χ1v) is 13.1. The van der Waals surface area contributed by atoms with Gasteiger partial charge in [0.15, 0.2) is 0 Å². The predicted octanol–water partition coefficient (Wildman–Crippen LogP) is 6.78. The predicted molar refractivity (Wildman–Crippen MR) is 122 cm³/mol. The van der Waals surface area contributed by atoms with Crippen LogP contribution in [0.5, 0.6) is 0 Å². The van der Waals surface area contributed by atoms with Gasteiger partial charge in [0.2, 0.25) is 5.91 Å². The number of piperidine rings is 1. The standard InChI is InChI=1S/C27H46FNO/c1-17(2)7-6-8-18(3)20-9-10-21-25-19(16-28)15-23-27(5,14-12-24(30)29-23)22(25)11-13-26(20,21)4/h17-23,25H,6-16H2,1-5H3,(H,29,30)/t18-,19?,20-,21+,22+,23-,25+,26-,27-/m1/s1. The summed E-state index contributed by atoms with van der Waals surface area (Å²) in [7, 11) is 0. The van der Waals surface area contributed by atoms with Gasteiger partial charge in [-0.3, -0.25) is 9.18 Å². The van der Waals surface area contributed by atoms with Crippen LogP contribution in [-0.4, -0.2) is 18.6 Å². The maximum Gasteiger partial charge on any atom is 0.220 e. The molecule has 1 amide bonds. The number of hydrogen-bond acceptors (Lipinski definition) is 1. The molecule has 0 aromatic heterocycles. The Kier molecular flexibility index (Phi) is 6.32. The number of rotatable bonds is 6. The molecule has 3 saturated carbocycles. The average Bonchev–Trinajstić information content (AvgIpc) is 3.05. The molecule has 1 N–H and O–H groups in total. The number of halogens is 1. The first-order chi connectivity index (χ1) is 14.2. The molecular weight excluding hydrogens is 373 g/mol. The van der Waals surface area contributed by atoms with E-state index < -0.39 is 0 Å². The number of hydrogen-bond donors (Lipinski definition) is 1. The Balaban J connectivity index is 1.54. The SMILES string of the molecule is CC(C)CCC[C@@H](C)[C@H]1CC[C@H]2[C@@H]3C(CF)C[C@H]4NC(=O)CC[C@]4(C)[C@H]3CC[C@]12C. The Morgan fingerprint density at radius 1 is 1.03 bits per heavy atom. The zero-order valence-electron chi connectivity index (χ0n) is 20.2. The fourth-order valence-electron chi connectivity index (χ4n) is 9.03. The minimum absolute atomic E-state index is 0.145. The summed E-state index contributed by atoms with van der Waals surface area (Å²) in [4.78, 5) is 12.1. The summed E-state index contributed by atoms with van der Waals surface area (Å²) in [5, 5.41) is 3.28. The van der Waals surface area contributed by atoms with Gasteiger partial charge in [-0.15, -0.1) is 0 Å². The van der Waals surface area contributed by atoms with Gasteiger partial charge in [-0.05, 0) is 90.8 Å². The second-order valence-electron chi connectivity index (χ2n) is 12.6. The van der Waals surface area contributed by atoms with Gasteiger partial charge < -0.3 is 5.32 Å². The topological polar surface area (TPSA) is 29.1 Å². The summed E-state index contributed by atoms with van der Waals surface area (Å²) < 4.78 is 14.4. The van der Waals surface area contributed by atoms with Crippen molar-refractivity contribution in [2.75, 3.05) is 6.67 Å². The zero-order valence-corrected chi connectivity index (χ0v) is 20.2. The molecule has 1 unspecified atom stereocenters. The van der Waals surface area contributed by atoms with Gasteiger partial charge in [0.05, 0.1) is 6.67 Å². The third-order valence-electron chi connectivity index (χ3n) is 10.7. The van der Waals surface area contributed by atoms with Crippen molar-refractivity contribution in [3.8, 4) is 0 Å². The molecule has 0 bridgehead atoms. The number of fused-ring (bicyclic) bond motifs is 5. The third-order valence-corrected chi connectivity index (χ3v) is 10.7. The molecule has 0 radical (unpaired) electrons. The molecule has 1 aliphatic heterocycles. The molecule has 9 atom stereocenters. The van der Waals surface area contributed by atoms with Crippen molar-refractivity contribution in [2.45, 2.75) is 105 Å². The first-order valence-electron chi connectivity index (χ1n) is 13.1. The van der Waals surface area contributed by atoms with Crippen LogP contribution in [0.1, 0.15) is 98.8 Å². The van der Waals surface area contributed by atoms with Crippen LogP contribution in [0.4, 0.5) is 4.39 Å². The third kappa shape index (κ3) is 3.64. The molecule has 172 valence electrons. The number of alkyl halides is 1. The highest BCUT2D eigenvalue weighted by Gasteiger charge is 2.63. The molecular formula is C27H46FNO. The molecule has 3 aliphatic carbocycles. The smallest absolute Gasteiger partial charge is 0.220 e. The van der Waals surface area contributed by atoms with Crippen LogP contribution in [0.15, 0.2) is 0 Å². The molecule has 3 heteroatoms. The second kappa shape index (κ2) is 8.39. The number of carbonyl (C=O) groups excluding carboxylic acids is 1. The Bertz CT molecular complexity index is 634. The van der Waals surface area contributed by atoms with Crippen molar-refractivity contribution in [2.24, 2.45) is 52.3 Å². The highest BCUT2D eigenvalue weighted by Crippen LogP contribution is 2.67. The van der Waals surface area contributed by atoms with Gasteiger partial charge >= 0.3 is 0 Å². The van der Waals surface area contributed by atoms with Crippen molar-refractivity contribution in [1.82, 2.24) is 5.32 Å². The summed E-state index contributed by atoms with van der Waals surface area (Å²) in [6.45, 7) is 12.0. The molecule has 1 heterocycles. The number of carbonyl (C=O) groups is 1. The Morgan fingerprint density at radius 2 is 1.77 bits per heavy atom. The highest BCUT2D eigenvalue weighted by atomic mass is 19.1. The molecule has 4 aliphatic rings. The van der Waals surface area contributed by atoms with E-state index >= 15 is 0 Å². The molecule has 30 heavy (non-hydrogen) atoms. The fraction of sp³-hybridized carbons (Fsp3) is 0.963. The lowest BCUT2D eigenvalue weighted by atomic mass is 9.44. The van der Waals surface area contributed by atoms with Crippen LogP contribution < -0.4 is 5.32 Å². The Labute approximate surface area is 184 Å². The molecule has 1 saturated heterocycles. The van der Waals surface area contributed by atoms with Gasteiger partial charge in [0, 0.05) is 12.5 Å². The fourth-order valence-corrected chi connectivity index (χ4v) is 9.03. The molecule has 0 aromatic carbocycles. The van der Waals surface area contributed by atoms with E-state index in [-0.39, 0.29) is 30.0 Å². The van der Waals surface area contributed by atoms with Gasteiger partial charge in [0.25, 0.3) is 0 Å². The molecule has 4 rings (SSSR count). The van der Waals surface area contributed by atoms with Crippen molar-refractivity contribution in [3.05, 3.63) is 0 Å². The van der Waals surface area contributed by atoms with Crippen LogP contribution in [-0.2, 0) is 4.79 Å². The zero-order chi connectivity index (χ0) is 21.7. The maximum atomic E-state index is 14.4. The van der Waals surface area contributed by atoms with Crippen molar-refractivity contribution >= 4 is 5.91 Å². The largest absolute Gasteiger partial charge is 0.353 e. The first kappa shape index (κ1) is 22.6. The van der Waals surface area contributed by atoms with E-state index in [0.717, 1.165) is 30.6 Å². The quantitative estimate of drug-likeness (QED) is 0.505. The van der Waals surface area contributed by atoms with E-state index in [9.17, 15) is 9.18 Å². The highest BCUT2D eigenvalue weighted by molar-refractivity contribution is 5.77. The van der Waals surface area contributed by atoms with E-state index in [1.54, 1.807) is 0 Å². The van der Waals surface area contributed by atoms with Crippen molar-refractivity contribution in [3.63, 3.8) is 0 Å². The van der Waals surface area contributed by atoms with E-state index in [0.29, 0.717) is 29.6 Å². The second-order valence-corrected chi connectivity index (χ2v) is 12.6. The van der Waals surface area contributed by atoms with E-state index in [2.05, 4.69) is 39.9 Å². The van der Waals surface area contributed by atoms with Gasteiger partial charge in [-0.25, -0.2) is 0 Å². The molecule has 4 fully saturated rings. The summed E-state index contributed by atoms with van der Waals surface area (Å²) in [5.41, 5.74) is 0.569. The van der Waals surface area contributed by atoms with E-state index in [1.165, 1.54) is 44.9 Å². The van der Waals surface area contributed by atoms with Crippen LogP contribution in [0.3, 0.4) is 0 Å². The van der Waals surface area contributed by atoms with Crippen LogP contribution in [0.25, 0.3) is 0 Å². The lowest BCUT2D eigenvalue weighted by Crippen LogP contribution is -2.63. The van der Waals surface area contributed by atoms with Gasteiger partial charge in [-0.2, -0.15) is 0 Å². The summed E-state index contributed by atoms with van der Waals surface area (Å²) in [6.07, 6.45) is 11.8. The van der Waals surface area contributed by atoms with Gasteiger partial charge in [0.1, 0.15) is 0 Å². The average molecular weight is 420 g/mol. The Morgan fingerprint density at radius 3 is 2.47 bits per heavy atom. The van der Waals surface area contributed by atoms with Crippen LogP contribution >= 0.6 is 0 Å². The van der Waals surface area contributed by atoms with E-state index in [1.807, 2.05) is 0 Å². The molecule has 0 aromatic rings. The maximum absolute atomic E-state index is 14.4. The number of nitrogens with one attached hydrogen (secondary N) is 1. The molecule has 0 spiro atoms. The summed E-state index contributed by atoms with van der Waals surface area (Å²) in [5.74, 6) is 4.54. The van der Waals surface area contributed by atoms with Crippen LogP contribution in [0, 0.1) is 52.3 Å². The van der Waals surface area contributed by atoms with Gasteiger partial charge in [-0.1, -0.05) is 53.9 Å². The minimum atomic E-state index is -0.204. The lowest BCUT2D eigenvalue weighted by Gasteiger charge is -2.62. The minimum Gasteiger partial charge on any atom is -0.353 e. The summed E-state index contributed by atoms with van der Waals surface area (Å²) in [6, 6.07) is 0.192. The van der Waals surface area contributed by atoms with Crippen LogP contribution in [0.2, 0.25) is 0 Å². The van der Waals surface area contributed by atoms with Crippen molar-refractivity contribution < 1.29 is 9.18 Å².